The van der Waals surface area contributed by atoms with Gasteiger partial charge in [-0.2, -0.15) is 11.8 Å². The van der Waals surface area contributed by atoms with Crippen LogP contribution in [0.3, 0.4) is 0 Å². The molecular formula is C11H12F2OS. The third-order valence-corrected chi connectivity index (χ3v) is 3.84. The highest BCUT2D eigenvalue weighted by atomic mass is 32.2. The van der Waals surface area contributed by atoms with Crippen molar-refractivity contribution in [3.63, 3.8) is 0 Å². The van der Waals surface area contributed by atoms with Crippen LogP contribution in [0.15, 0.2) is 18.2 Å². The molecule has 1 aromatic carbocycles. The van der Waals surface area contributed by atoms with Crippen LogP contribution in [0.4, 0.5) is 8.78 Å². The molecule has 1 fully saturated rings. The van der Waals surface area contributed by atoms with Gasteiger partial charge < -0.3 is 5.11 Å². The Labute approximate surface area is 91.5 Å². The molecule has 0 bridgehead atoms. The van der Waals surface area contributed by atoms with Gasteiger partial charge in [0.15, 0.2) is 0 Å². The summed E-state index contributed by atoms with van der Waals surface area (Å²) in [4.78, 5) is 0. The molecule has 1 atom stereocenters. The minimum absolute atomic E-state index is 0.198. The molecule has 1 nitrogen and oxygen atoms in total. The van der Waals surface area contributed by atoms with E-state index in [1.165, 1.54) is 0 Å². The van der Waals surface area contributed by atoms with E-state index in [0.717, 1.165) is 24.0 Å². The molecular weight excluding hydrogens is 218 g/mol. The van der Waals surface area contributed by atoms with Crippen molar-refractivity contribution in [3.05, 3.63) is 35.4 Å². The molecule has 4 heteroatoms. The Morgan fingerprint density at radius 1 is 1.40 bits per heavy atom. The molecule has 15 heavy (non-hydrogen) atoms. The van der Waals surface area contributed by atoms with Crippen molar-refractivity contribution in [2.45, 2.75) is 18.4 Å². The normalized spacial score (nSPS) is 25.8. The van der Waals surface area contributed by atoms with Crippen LogP contribution >= 0.6 is 11.8 Å². The quantitative estimate of drug-likeness (QED) is 0.841. The van der Waals surface area contributed by atoms with Gasteiger partial charge in [-0.15, -0.1) is 0 Å². The van der Waals surface area contributed by atoms with E-state index in [1.54, 1.807) is 11.8 Å². The summed E-state index contributed by atoms with van der Waals surface area (Å²) in [6, 6.07) is 3.36. The monoisotopic (exact) mass is 230 g/mol. The van der Waals surface area contributed by atoms with Crippen LogP contribution in [0.2, 0.25) is 0 Å². The third-order valence-electron chi connectivity index (χ3n) is 2.61. The second-order valence-electron chi connectivity index (χ2n) is 3.94. The topological polar surface area (TPSA) is 20.2 Å². The highest BCUT2D eigenvalue weighted by molar-refractivity contribution is 7.99. The summed E-state index contributed by atoms with van der Waals surface area (Å²) in [5, 5.41) is 10.1. The van der Waals surface area contributed by atoms with Crippen LogP contribution in [0, 0.1) is 11.6 Å². The molecule has 82 valence electrons. The summed E-state index contributed by atoms with van der Waals surface area (Å²) in [5.41, 5.74) is -0.598. The smallest absolute Gasteiger partial charge is 0.126 e. The van der Waals surface area contributed by atoms with Gasteiger partial charge in [0.05, 0.1) is 5.60 Å². The van der Waals surface area contributed by atoms with Crippen molar-refractivity contribution in [3.8, 4) is 0 Å². The molecule has 1 aliphatic rings. The Hall–Kier alpha value is -0.610. The largest absolute Gasteiger partial charge is 0.389 e. The van der Waals surface area contributed by atoms with Crippen LogP contribution in [0.1, 0.15) is 12.0 Å². The molecule has 1 heterocycles. The molecule has 1 saturated heterocycles. The highest BCUT2D eigenvalue weighted by Crippen LogP contribution is 2.31. The van der Waals surface area contributed by atoms with E-state index in [0.29, 0.717) is 12.2 Å². The van der Waals surface area contributed by atoms with Crippen molar-refractivity contribution >= 4 is 11.8 Å². The first-order valence-corrected chi connectivity index (χ1v) is 5.99. The highest BCUT2D eigenvalue weighted by Gasteiger charge is 2.32. The fourth-order valence-corrected chi connectivity index (χ4v) is 3.06. The number of halogens is 2. The Balaban J connectivity index is 2.19. The zero-order valence-electron chi connectivity index (χ0n) is 8.17. The number of thioether (sulfide) groups is 1. The van der Waals surface area contributed by atoms with Gasteiger partial charge in [-0.25, -0.2) is 8.78 Å². The average molecular weight is 230 g/mol. The molecule has 0 saturated carbocycles. The maximum atomic E-state index is 13.3. The fourth-order valence-electron chi connectivity index (χ4n) is 1.77. The molecule has 1 aliphatic heterocycles. The lowest BCUT2D eigenvalue weighted by atomic mass is 9.94. The lowest BCUT2D eigenvalue weighted by Crippen LogP contribution is -2.31. The van der Waals surface area contributed by atoms with Gasteiger partial charge >= 0.3 is 0 Å². The van der Waals surface area contributed by atoms with Crippen molar-refractivity contribution in [2.24, 2.45) is 0 Å². The van der Waals surface area contributed by atoms with Crippen LogP contribution in [-0.2, 0) is 6.42 Å². The summed E-state index contributed by atoms with van der Waals surface area (Å²) in [5.74, 6) is 0.582. The van der Waals surface area contributed by atoms with E-state index in [2.05, 4.69) is 0 Å². The van der Waals surface area contributed by atoms with E-state index in [4.69, 9.17) is 0 Å². The number of hydrogen-bond acceptors (Lipinski definition) is 2. The molecule has 1 unspecified atom stereocenters. The van der Waals surface area contributed by atoms with Gasteiger partial charge in [0.25, 0.3) is 0 Å². The zero-order chi connectivity index (χ0) is 10.9. The van der Waals surface area contributed by atoms with E-state index < -0.39 is 17.2 Å². The van der Waals surface area contributed by atoms with E-state index in [1.807, 2.05) is 0 Å². The lowest BCUT2D eigenvalue weighted by Gasteiger charge is -2.21. The SMILES string of the molecule is OC1(Cc2cc(F)ccc2F)CCSC1. The van der Waals surface area contributed by atoms with Crippen LogP contribution in [0.5, 0.6) is 0 Å². The summed E-state index contributed by atoms with van der Waals surface area (Å²) < 4.78 is 26.2. The lowest BCUT2D eigenvalue weighted by molar-refractivity contribution is 0.0676. The first-order chi connectivity index (χ1) is 7.09. The molecule has 1 N–H and O–H groups in total. The Morgan fingerprint density at radius 2 is 2.20 bits per heavy atom. The number of rotatable bonds is 2. The minimum atomic E-state index is -0.862. The van der Waals surface area contributed by atoms with Gasteiger partial charge in [-0.1, -0.05) is 0 Å². The first kappa shape index (κ1) is 10.9. The second-order valence-corrected chi connectivity index (χ2v) is 5.04. The molecule has 2 rings (SSSR count). The van der Waals surface area contributed by atoms with Crippen molar-refractivity contribution in [1.82, 2.24) is 0 Å². The molecule has 0 spiro atoms. The predicted octanol–water partition coefficient (Wildman–Crippen LogP) is 2.38. The van der Waals surface area contributed by atoms with E-state index in [9.17, 15) is 13.9 Å². The van der Waals surface area contributed by atoms with E-state index in [-0.39, 0.29) is 12.0 Å². The fraction of sp³-hybridized carbons (Fsp3) is 0.455. The predicted molar refractivity (Wildman–Crippen MR) is 57.0 cm³/mol. The summed E-state index contributed by atoms with van der Waals surface area (Å²) in [6.07, 6.45) is 0.844. The Bertz CT molecular complexity index is 362. The molecule has 1 aromatic rings. The standard InChI is InChI=1S/C11H12F2OS/c12-9-1-2-10(13)8(5-9)6-11(14)3-4-15-7-11/h1-2,5,14H,3-4,6-7H2. The molecule has 0 aromatic heterocycles. The van der Waals surface area contributed by atoms with Gasteiger partial charge in [0, 0.05) is 12.2 Å². The Morgan fingerprint density at radius 3 is 2.87 bits per heavy atom. The maximum absolute atomic E-state index is 13.3. The summed E-state index contributed by atoms with van der Waals surface area (Å²) in [6.45, 7) is 0. The van der Waals surface area contributed by atoms with Gasteiger partial charge in [-0.3, -0.25) is 0 Å². The summed E-state index contributed by atoms with van der Waals surface area (Å²) in [7, 11) is 0. The third kappa shape index (κ3) is 2.49. The van der Waals surface area contributed by atoms with Crippen LogP contribution in [0.25, 0.3) is 0 Å². The minimum Gasteiger partial charge on any atom is -0.389 e. The van der Waals surface area contributed by atoms with Crippen LogP contribution < -0.4 is 0 Å². The van der Waals surface area contributed by atoms with E-state index >= 15 is 0 Å². The molecule has 0 amide bonds. The second kappa shape index (κ2) is 4.10. The maximum Gasteiger partial charge on any atom is 0.126 e. The average Bonchev–Trinajstić information content (AvgIpc) is 2.59. The summed E-state index contributed by atoms with van der Waals surface area (Å²) >= 11 is 1.64. The Kier molecular flexibility index (Phi) is 2.98. The van der Waals surface area contributed by atoms with Crippen LogP contribution in [-0.4, -0.2) is 22.2 Å². The number of benzene rings is 1. The van der Waals surface area contributed by atoms with Gasteiger partial charge in [0.2, 0.25) is 0 Å². The van der Waals surface area contributed by atoms with Crippen molar-refractivity contribution in [2.75, 3.05) is 11.5 Å². The van der Waals surface area contributed by atoms with Gasteiger partial charge in [0.1, 0.15) is 11.6 Å². The molecule has 0 radical (unpaired) electrons. The van der Waals surface area contributed by atoms with Crippen molar-refractivity contribution in [1.29, 1.82) is 0 Å². The first-order valence-electron chi connectivity index (χ1n) is 4.83. The van der Waals surface area contributed by atoms with Gasteiger partial charge in [-0.05, 0) is 35.9 Å². The zero-order valence-corrected chi connectivity index (χ0v) is 8.99. The molecule has 0 aliphatic carbocycles. The van der Waals surface area contributed by atoms with Crippen molar-refractivity contribution < 1.29 is 13.9 Å². The number of hydrogen-bond donors (Lipinski definition) is 1. The number of aliphatic hydroxyl groups is 1.